The first kappa shape index (κ1) is 96.4. The minimum atomic E-state index is -1.97. The summed E-state index contributed by atoms with van der Waals surface area (Å²) in [5, 5.41) is 121. The van der Waals surface area contributed by atoms with Gasteiger partial charge in [0.1, 0.15) is 73.2 Å². The number of rotatable bonds is 68. The predicted octanol–water partition coefficient (Wildman–Crippen LogP) is 15.2. The van der Waals surface area contributed by atoms with Crippen molar-refractivity contribution in [2.45, 2.75) is 439 Å². The molecule has 0 spiro atoms. The van der Waals surface area contributed by atoms with Crippen molar-refractivity contribution in [2.24, 2.45) is 0 Å². The average Bonchev–Trinajstić information content (AvgIpc) is 0.780. The summed E-state index contributed by atoms with van der Waals surface area (Å²) in [6.07, 6.45) is 60.0. The molecule has 12 N–H and O–H groups in total. The summed E-state index contributed by atoms with van der Waals surface area (Å²) in [5.41, 5.74) is 0. The number of aliphatic hydroxyl groups is 11. The number of unbranched alkanes of at least 4 members (excludes halogenated alkanes) is 40. The Morgan fingerprint density at radius 3 is 1.03 bits per heavy atom. The minimum Gasteiger partial charge on any atom is -0.394 e. The minimum absolute atomic E-state index is 0.238. The summed E-state index contributed by atoms with van der Waals surface area (Å²) in [4.78, 5) is 13.5. The highest BCUT2D eigenvalue weighted by Crippen LogP contribution is 2.33. The largest absolute Gasteiger partial charge is 0.394 e. The quantitative estimate of drug-likeness (QED) is 0.0199. The van der Waals surface area contributed by atoms with Crippen LogP contribution in [0.1, 0.15) is 335 Å². The maximum absolute atomic E-state index is 13.5. The van der Waals surface area contributed by atoms with E-state index in [2.05, 4.69) is 92.1 Å². The molecule has 0 aliphatic carbocycles. The van der Waals surface area contributed by atoms with E-state index in [1.807, 2.05) is 0 Å². The molecule has 1 amide bonds. The molecule has 612 valence electrons. The molecule has 3 rings (SSSR count). The first-order chi connectivity index (χ1) is 51.3. The Bertz CT molecular complexity index is 2180. The molecule has 0 aromatic rings. The summed E-state index contributed by atoms with van der Waals surface area (Å²) in [5.74, 6) is -0.238. The van der Waals surface area contributed by atoms with Gasteiger partial charge in [-0.3, -0.25) is 4.79 Å². The third-order valence-electron chi connectivity index (χ3n) is 21.0. The standard InChI is InChI=1S/C86H155NO18/c1-3-5-7-9-11-13-15-17-19-21-23-25-26-27-28-29-30-31-32-33-34-35-36-37-38-39-40-41-42-44-46-48-50-52-54-56-58-60-62-64-74(92)87-69(70(91)63-61-59-57-55-53-51-49-47-45-43-24-22-20-18-16-14-12-10-8-6-4-2)68-100-84-80(98)77(95)82(72(66-89)102-84)105-86-81(99)78(96)83(73(67-90)103-86)104-85-79(97)76(94)75(93)71(65-88)101-85/h5,7,11,13,17,19,23,25,27-28,30-31,69-73,75-86,88-91,93-99H,3-4,6,8-10,12,14-16,18,20-22,24,26,29,32-68H2,1-2H3,(H,87,92)/b7-5-,13-11-,19-17-,25-23-,28-27-,31-30-. The van der Waals surface area contributed by atoms with E-state index in [9.17, 15) is 61.0 Å². The Morgan fingerprint density at radius 2 is 0.657 bits per heavy atom. The van der Waals surface area contributed by atoms with E-state index in [1.165, 1.54) is 218 Å². The Labute approximate surface area is 636 Å². The molecule has 19 heteroatoms. The van der Waals surface area contributed by atoms with E-state index in [4.69, 9.17) is 28.4 Å². The molecule has 19 nitrogen and oxygen atoms in total. The van der Waals surface area contributed by atoms with Crippen LogP contribution in [0.4, 0.5) is 0 Å². The number of carbonyl (C=O) groups excluding carboxylic acids is 1. The Balaban J connectivity index is 1.31. The number of hydrogen-bond acceptors (Lipinski definition) is 18. The zero-order valence-corrected chi connectivity index (χ0v) is 65.7. The Morgan fingerprint density at radius 1 is 0.352 bits per heavy atom. The molecule has 0 radical (unpaired) electrons. The van der Waals surface area contributed by atoms with Gasteiger partial charge in [-0.2, -0.15) is 0 Å². The molecule has 3 aliphatic heterocycles. The van der Waals surface area contributed by atoms with Gasteiger partial charge < -0.3 is 89.9 Å². The Hall–Kier alpha value is -2.77. The van der Waals surface area contributed by atoms with Crippen LogP contribution in [0.3, 0.4) is 0 Å². The third kappa shape index (κ3) is 45.4. The maximum Gasteiger partial charge on any atom is 0.220 e. The van der Waals surface area contributed by atoms with Gasteiger partial charge in [-0.25, -0.2) is 0 Å². The molecular formula is C86H155NO18. The predicted molar refractivity (Wildman–Crippen MR) is 420 cm³/mol. The fourth-order valence-electron chi connectivity index (χ4n) is 14.3. The van der Waals surface area contributed by atoms with Crippen LogP contribution in [-0.4, -0.2) is 193 Å². The van der Waals surface area contributed by atoms with Crippen molar-refractivity contribution in [3.63, 3.8) is 0 Å². The molecule has 0 aromatic carbocycles. The zero-order chi connectivity index (χ0) is 76.0. The van der Waals surface area contributed by atoms with E-state index in [0.29, 0.717) is 12.8 Å². The average molecular weight is 1490 g/mol. The number of nitrogens with one attached hydrogen (secondary N) is 1. The topological polar surface area (TPSA) is 307 Å². The summed E-state index contributed by atoms with van der Waals surface area (Å²) >= 11 is 0. The van der Waals surface area contributed by atoms with Crippen molar-refractivity contribution in [2.75, 3.05) is 26.4 Å². The molecule has 3 fully saturated rings. The van der Waals surface area contributed by atoms with Crippen LogP contribution in [0.2, 0.25) is 0 Å². The van der Waals surface area contributed by atoms with Crippen LogP contribution in [0.15, 0.2) is 72.9 Å². The van der Waals surface area contributed by atoms with Gasteiger partial charge in [0.05, 0.1) is 38.6 Å². The van der Waals surface area contributed by atoms with Gasteiger partial charge in [-0.15, -0.1) is 0 Å². The second kappa shape index (κ2) is 65.9. The number of ether oxygens (including phenoxy) is 6. The van der Waals surface area contributed by atoms with Gasteiger partial charge in [0.2, 0.25) is 5.91 Å². The third-order valence-corrected chi connectivity index (χ3v) is 21.0. The first-order valence-corrected chi connectivity index (χ1v) is 42.7. The number of amides is 1. The fraction of sp³-hybridized carbons (Fsp3) is 0.849. The molecule has 3 heterocycles. The van der Waals surface area contributed by atoms with Gasteiger partial charge >= 0.3 is 0 Å². The lowest BCUT2D eigenvalue weighted by Gasteiger charge is -2.48. The fourth-order valence-corrected chi connectivity index (χ4v) is 14.3. The maximum atomic E-state index is 13.5. The number of carbonyl (C=O) groups is 1. The summed E-state index contributed by atoms with van der Waals surface area (Å²) < 4.78 is 34.6. The van der Waals surface area contributed by atoms with Crippen molar-refractivity contribution in [1.82, 2.24) is 5.32 Å². The molecule has 0 bridgehead atoms. The van der Waals surface area contributed by atoms with Gasteiger partial charge in [-0.1, -0.05) is 337 Å². The van der Waals surface area contributed by atoms with Crippen molar-refractivity contribution in [3.8, 4) is 0 Å². The molecule has 17 unspecified atom stereocenters. The van der Waals surface area contributed by atoms with Crippen LogP contribution in [-0.2, 0) is 33.2 Å². The SMILES string of the molecule is CC/C=C\C/C=C\C/C=C\C/C=C\C/C=C\C/C=C\CCCCCCCCCCCCCCCCCCCCCCC(=O)NC(COC1OC(CO)C(OC2OC(CO)C(OC3OC(CO)C(O)C(O)C3O)C(O)C2O)C(O)C1O)C(O)CCCCCCCCCCCCCCCCCCCCCCC. The molecular weight excluding hydrogens is 1330 g/mol. The van der Waals surface area contributed by atoms with Crippen LogP contribution in [0.5, 0.6) is 0 Å². The van der Waals surface area contributed by atoms with Crippen molar-refractivity contribution in [3.05, 3.63) is 72.9 Å². The van der Waals surface area contributed by atoms with Crippen LogP contribution < -0.4 is 5.32 Å². The smallest absolute Gasteiger partial charge is 0.220 e. The lowest BCUT2D eigenvalue weighted by atomic mass is 9.96. The Kier molecular flexibility index (Phi) is 60.5. The number of allylic oxidation sites excluding steroid dienone is 12. The van der Waals surface area contributed by atoms with E-state index < -0.39 is 124 Å². The highest BCUT2D eigenvalue weighted by molar-refractivity contribution is 5.76. The lowest BCUT2D eigenvalue weighted by Crippen LogP contribution is -2.66. The van der Waals surface area contributed by atoms with E-state index >= 15 is 0 Å². The molecule has 17 atom stereocenters. The lowest BCUT2D eigenvalue weighted by molar-refractivity contribution is -0.379. The molecule has 3 saturated heterocycles. The van der Waals surface area contributed by atoms with Crippen LogP contribution in [0.25, 0.3) is 0 Å². The highest BCUT2D eigenvalue weighted by Gasteiger charge is 2.54. The summed E-state index contributed by atoms with van der Waals surface area (Å²) in [6.45, 7) is 1.73. The molecule has 3 aliphatic rings. The highest BCUT2D eigenvalue weighted by atomic mass is 16.8. The summed E-state index contributed by atoms with van der Waals surface area (Å²) in [6, 6.07) is -0.889. The zero-order valence-electron chi connectivity index (χ0n) is 65.7. The second-order valence-electron chi connectivity index (χ2n) is 30.3. The monoisotopic (exact) mass is 1490 g/mol. The van der Waals surface area contributed by atoms with Gasteiger partial charge in [0.25, 0.3) is 0 Å². The molecule has 0 saturated carbocycles. The van der Waals surface area contributed by atoms with E-state index in [0.717, 1.165) is 83.5 Å². The first-order valence-electron chi connectivity index (χ1n) is 42.7. The van der Waals surface area contributed by atoms with Crippen LogP contribution >= 0.6 is 0 Å². The van der Waals surface area contributed by atoms with Crippen LogP contribution in [0, 0.1) is 0 Å². The second-order valence-corrected chi connectivity index (χ2v) is 30.3. The number of aliphatic hydroxyl groups excluding tert-OH is 11. The number of hydrogen-bond donors (Lipinski definition) is 12. The van der Waals surface area contributed by atoms with E-state index in [-0.39, 0.29) is 18.9 Å². The molecule has 105 heavy (non-hydrogen) atoms. The van der Waals surface area contributed by atoms with Crippen molar-refractivity contribution < 1.29 is 89.4 Å². The van der Waals surface area contributed by atoms with Crippen molar-refractivity contribution in [1.29, 1.82) is 0 Å². The van der Waals surface area contributed by atoms with Crippen molar-refractivity contribution >= 4 is 5.91 Å². The van der Waals surface area contributed by atoms with Gasteiger partial charge in [0.15, 0.2) is 18.9 Å². The van der Waals surface area contributed by atoms with Gasteiger partial charge in [0, 0.05) is 6.42 Å². The van der Waals surface area contributed by atoms with E-state index in [1.54, 1.807) is 0 Å². The molecule has 0 aromatic heterocycles. The van der Waals surface area contributed by atoms with Gasteiger partial charge in [-0.05, 0) is 64.2 Å². The normalized spacial score (nSPS) is 26.1. The summed E-state index contributed by atoms with van der Waals surface area (Å²) in [7, 11) is 0.